The maximum absolute atomic E-state index is 12.9. The van der Waals surface area contributed by atoms with E-state index < -0.39 is 0 Å². The number of fused-ring (bicyclic) bond motifs is 1. The molecule has 0 bridgehead atoms. The SMILES string of the molecule is COc1cccc2ccc(C(=O)N3CCC(Oc4ccc(Cl)cc4)CC3)nc12. The van der Waals surface area contributed by atoms with Gasteiger partial charge in [-0.25, -0.2) is 4.98 Å². The topological polar surface area (TPSA) is 51.7 Å². The van der Waals surface area contributed by atoms with Crippen LogP contribution in [0.15, 0.2) is 54.6 Å². The number of likely N-dealkylation sites (tertiary alicyclic amines) is 1. The minimum Gasteiger partial charge on any atom is -0.494 e. The summed E-state index contributed by atoms with van der Waals surface area (Å²) < 4.78 is 11.4. The van der Waals surface area contributed by atoms with Crippen LogP contribution >= 0.6 is 11.6 Å². The zero-order chi connectivity index (χ0) is 19.5. The largest absolute Gasteiger partial charge is 0.494 e. The van der Waals surface area contributed by atoms with Crippen LogP contribution in [0.2, 0.25) is 5.02 Å². The van der Waals surface area contributed by atoms with Crippen molar-refractivity contribution in [3.63, 3.8) is 0 Å². The summed E-state index contributed by atoms with van der Waals surface area (Å²) in [5.74, 6) is 1.41. The van der Waals surface area contributed by atoms with E-state index in [1.807, 2.05) is 53.4 Å². The number of amides is 1. The lowest BCUT2D eigenvalue weighted by Crippen LogP contribution is -2.42. The number of nitrogens with zero attached hydrogens (tertiary/aromatic N) is 2. The molecule has 1 aliphatic heterocycles. The third kappa shape index (κ3) is 3.90. The van der Waals surface area contributed by atoms with Crippen molar-refractivity contribution in [2.45, 2.75) is 18.9 Å². The highest BCUT2D eigenvalue weighted by atomic mass is 35.5. The molecule has 1 aliphatic rings. The summed E-state index contributed by atoms with van der Waals surface area (Å²) in [5, 5.41) is 1.64. The van der Waals surface area contributed by atoms with Gasteiger partial charge in [-0.15, -0.1) is 0 Å². The summed E-state index contributed by atoms with van der Waals surface area (Å²) in [6, 6.07) is 16.8. The van der Waals surface area contributed by atoms with E-state index in [0.717, 1.165) is 24.0 Å². The molecule has 1 fully saturated rings. The summed E-state index contributed by atoms with van der Waals surface area (Å²) in [7, 11) is 1.61. The summed E-state index contributed by atoms with van der Waals surface area (Å²) in [5.41, 5.74) is 1.14. The van der Waals surface area contributed by atoms with E-state index in [2.05, 4.69) is 4.98 Å². The first kappa shape index (κ1) is 18.6. The van der Waals surface area contributed by atoms with Crippen molar-refractivity contribution < 1.29 is 14.3 Å². The molecule has 2 heterocycles. The summed E-state index contributed by atoms with van der Waals surface area (Å²) >= 11 is 5.91. The Kier molecular flexibility index (Phi) is 5.35. The molecule has 0 atom stereocenters. The standard InChI is InChI=1S/C22H21ClN2O3/c1-27-20-4-2-3-15-5-10-19(24-21(15)20)22(26)25-13-11-18(12-14-25)28-17-8-6-16(23)7-9-17/h2-10,18H,11-14H2,1H3. The average molecular weight is 397 g/mol. The maximum atomic E-state index is 12.9. The van der Waals surface area contributed by atoms with E-state index in [-0.39, 0.29) is 12.0 Å². The quantitative estimate of drug-likeness (QED) is 0.647. The lowest BCUT2D eigenvalue weighted by atomic mass is 10.1. The van der Waals surface area contributed by atoms with Crippen LogP contribution < -0.4 is 9.47 Å². The van der Waals surface area contributed by atoms with Crippen molar-refractivity contribution in [2.75, 3.05) is 20.2 Å². The zero-order valence-corrected chi connectivity index (χ0v) is 16.4. The Morgan fingerprint density at radius 1 is 1.07 bits per heavy atom. The highest BCUT2D eigenvalue weighted by Gasteiger charge is 2.25. The van der Waals surface area contributed by atoms with Gasteiger partial charge in [0.25, 0.3) is 5.91 Å². The van der Waals surface area contributed by atoms with Crippen LogP contribution in [0.4, 0.5) is 0 Å². The van der Waals surface area contributed by atoms with Gasteiger partial charge in [-0.3, -0.25) is 4.79 Å². The molecule has 28 heavy (non-hydrogen) atoms. The molecule has 0 N–H and O–H groups in total. The van der Waals surface area contributed by atoms with Gasteiger partial charge in [0.1, 0.15) is 28.8 Å². The third-order valence-corrected chi connectivity index (χ3v) is 5.22. The summed E-state index contributed by atoms with van der Waals surface area (Å²) in [4.78, 5) is 19.3. The molecule has 5 nitrogen and oxygen atoms in total. The molecule has 6 heteroatoms. The molecule has 1 aromatic heterocycles. The van der Waals surface area contributed by atoms with Crippen LogP contribution in [-0.2, 0) is 0 Å². The van der Waals surface area contributed by atoms with Crippen molar-refractivity contribution in [1.29, 1.82) is 0 Å². The van der Waals surface area contributed by atoms with E-state index in [0.29, 0.717) is 35.1 Å². The van der Waals surface area contributed by atoms with Crippen LogP contribution in [0.25, 0.3) is 10.9 Å². The Morgan fingerprint density at radius 3 is 2.54 bits per heavy atom. The maximum Gasteiger partial charge on any atom is 0.272 e. The van der Waals surface area contributed by atoms with Gasteiger partial charge in [0.2, 0.25) is 0 Å². The molecule has 3 aromatic rings. The lowest BCUT2D eigenvalue weighted by molar-refractivity contribution is 0.0590. The van der Waals surface area contributed by atoms with Gasteiger partial charge >= 0.3 is 0 Å². The number of hydrogen-bond acceptors (Lipinski definition) is 4. The van der Waals surface area contributed by atoms with Crippen molar-refractivity contribution in [1.82, 2.24) is 9.88 Å². The number of hydrogen-bond donors (Lipinski definition) is 0. The number of pyridine rings is 1. The molecule has 0 unspecified atom stereocenters. The zero-order valence-electron chi connectivity index (χ0n) is 15.6. The number of carbonyl (C=O) groups is 1. The molecule has 144 valence electrons. The number of para-hydroxylation sites is 1. The molecule has 0 spiro atoms. The molecule has 4 rings (SSSR count). The van der Waals surface area contributed by atoms with Gasteiger partial charge in [-0.1, -0.05) is 29.8 Å². The van der Waals surface area contributed by atoms with Crippen molar-refractivity contribution >= 4 is 28.4 Å². The number of methoxy groups -OCH3 is 1. The second-order valence-corrected chi connectivity index (χ2v) is 7.23. The van der Waals surface area contributed by atoms with E-state index in [1.165, 1.54) is 0 Å². The van der Waals surface area contributed by atoms with E-state index in [1.54, 1.807) is 13.2 Å². The van der Waals surface area contributed by atoms with Gasteiger partial charge in [0.15, 0.2) is 0 Å². The molecule has 1 saturated heterocycles. The Morgan fingerprint density at radius 2 is 1.82 bits per heavy atom. The number of piperidine rings is 1. The molecular formula is C22H21ClN2O3. The highest BCUT2D eigenvalue weighted by Crippen LogP contribution is 2.25. The summed E-state index contributed by atoms with van der Waals surface area (Å²) in [6.07, 6.45) is 1.66. The van der Waals surface area contributed by atoms with Crippen LogP contribution in [0.5, 0.6) is 11.5 Å². The van der Waals surface area contributed by atoms with E-state index in [4.69, 9.17) is 21.1 Å². The Bertz CT molecular complexity index is 983. The average Bonchev–Trinajstić information content (AvgIpc) is 2.74. The van der Waals surface area contributed by atoms with Crippen molar-refractivity contribution in [3.8, 4) is 11.5 Å². The van der Waals surface area contributed by atoms with Gasteiger partial charge in [-0.05, 0) is 36.4 Å². The van der Waals surface area contributed by atoms with Gasteiger partial charge in [0.05, 0.1) is 7.11 Å². The fourth-order valence-electron chi connectivity index (χ4n) is 3.45. The number of carbonyl (C=O) groups excluding carboxylic acids is 1. The predicted octanol–water partition coefficient (Wildman–Crippen LogP) is 4.58. The third-order valence-electron chi connectivity index (χ3n) is 4.97. The molecular weight excluding hydrogens is 376 g/mol. The van der Waals surface area contributed by atoms with Crippen LogP contribution in [0.1, 0.15) is 23.3 Å². The first-order valence-corrected chi connectivity index (χ1v) is 9.67. The summed E-state index contributed by atoms with van der Waals surface area (Å²) in [6.45, 7) is 1.28. The fraction of sp³-hybridized carbons (Fsp3) is 0.273. The normalized spacial score (nSPS) is 14.9. The minimum atomic E-state index is -0.0576. The Labute approximate surface area is 168 Å². The van der Waals surface area contributed by atoms with Crippen LogP contribution in [0, 0.1) is 0 Å². The highest BCUT2D eigenvalue weighted by molar-refractivity contribution is 6.30. The lowest BCUT2D eigenvalue weighted by Gasteiger charge is -2.32. The number of rotatable bonds is 4. The molecule has 0 saturated carbocycles. The van der Waals surface area contributed by atoms with Crippen molar-refractivity contribution in [2.24, 2.45) is 0 Å². The monoisotopic (exact) mass is 396 g/mol. The number of benzene rings is 2. The molecule has 0 radical (unpaired) electrons. The number of halogens is 1. The van der Waals surface area contributed by atoms with Gasteiger partial charge in [0, 0.05) is 36.3 Å². The molecule has 2 aromatic carbocycles. The van der Waals surface area contributed by atoms with Crippen molar-refractivity contribution in [3.05, 3.63) is 65.3 Å². The predicted molar refractivity (Wildman–Crippen MR) is 109 cm³/mol. The Balaban J connectivity index is 1.42. The second-order valence-electron chi connectivity index (χ2n) is 6.79. The van der Waals surface area contributed by atoms with Gasteiger partial charge in [-0.2, -0.15) is 0 Å². The van der Waals surface area contributed by atoms with Gasteiger partial charge < -0.3 is 14.4 Å². The molecule has 0 aliphatic carbocycles. The van der Waals surface area contributed by atoms with Crippen LogP contribution in [0.3, 0.4) is 0 Å². The first-order chi connectivity index (χ1) is 13.6. The molecule has 1 amide bonds. The fourth-order valence-corrected chi connectivity index (χ4v) is 3.57. The smallest absolute Gasteiger partial charge is 0.272 e. The Hall–Kier alpha value is -2.79. The van der Waals surface area contributed by atoms with E-state index >= 15 is 0 Å². The second kappa shape index (κ2) is 8.07. The first-order valence-electron chi connectivity index (χ1n) is 9.29. The minimum absolute atomic E-state index is 0.0576. The van der Waals surface area contributed by atoms with Crippen LogP contribution in [-0.4, -0.2) is 42.1 Å². The van der Waals surface area contributed by atoms with E-state index in [9.17, 15) is 4.79 Å². The number of aromatic nitrogens is 1. The number of ether oxygens (including phenoxy) is 2.